The van der Waals surface area contributed by atoms with Gasteiger partial charge < -0.3 is 19.9 Å². The first-order chi connectivity index (χ1) is 14.7. The van der Waals surface area contributed by atoms with E-state index in [9.17, 15) is 4.79 Å². The lowest BCUT2D eigenvalue weighted by atomic mass is 9.94. The number of carbonyl (C=O) groups is 1. The molecule has 2 saturated heterocycles. The van der Waals surface area contributed by atoms with Crippen LogP contribution in [0.15, 0.2) is 36.7 Å². The Labute approximate surface area is 178 Å². The summed E-state index contributed by atoms with van der Waals surface area (Å²) in [5, 5.41) is 3.34. The number of hydrogen-bond acceptors (Lipinski definition) is 6. The van der Waals surface area contributed by atoms with E-state index < -0.39 is 0 Å². The van der Waals surface area contributed by atoms with Crippen molar-refractivity contribution in [3.8, 4) is 0 Å². The highest BCUT2D eigenvalue weighted by molar-refractivity contribution is 5.76. The van der Waals surface area contributed by atoms with Crippen LogP contribution in [-0.2, 0) is 9.53 Å². The van der Waals surface area contributed by atoms with E-state index >= 15 is 0 Å². The number of rotatable bonds is 6. The zero-order valence-electron chi connectivity index (χ0n) is 17.7. The average molecular weight is 410 g/mol. The molecule has 2 fully saturated rings. The Kier molecular flexibility index (Phi) is 6.92. The molecule has 160 valence electrons. The highest BCUT2D eigenvalue weighted by Gasteiger charge is 2.24. The summed E-state index contributed by atoms with van der Waals surface area (Å²) in [7, 11) is 0. The molecule has 1 unspecified atom stereocenters. The number of ether oxygens (including phenoxy) is 1. The molecular formula is C23H31N5O2. The topological polar surface area (TPSA) is 70.6 Å². The molecule has 1 atom stereocenters. The number of pyridine rings is 2. The van der Waals surface area contributed by atoms with E-state index in [2.05, 4.69) is 27.3 Å². The summed E-state index contributed by atoms with van der Waals surface area (Å²) in [6.07, 6.45) is 6.56. The van der Waals surface area contributed by atoms with Gasteiger partial charge in [0.25, 0.3) is 0 Å². The summed E-state index contributed by atoms with van der Waals surface area (Å²) >= 11 is 0. The third-order valence-corrected chi connectivity index (χ3v) is 5.99. The van der Waals surface area contributed by atoms with Crippen molar-refractivity contribution in [1.29, 1.82) is 0 Å². The van der Waals surface area contributed by atoms with Crippen LogP contribution in [0, 0.1) is 6.92 Å². The molecule has 4 rings (SSSR count). The first-order valence-electron chi connectivity index (χ1n) is 10.9. The van der Waals surface area contributed by atoms with Crippen molar-refractivity contribution in [2.24, 2.45) is 0 Å². The van der Waals surface area contributed by atoms with Crippen molar-refractivity contribution in [2.45, 2.75) is 32.1 Å². The van der Waals surface area contributed by atoms with Crippen LogP contribution in [0.3, 0.4) is 0 Å². The lowest BCUT2D eigenvalue weighted by Gasteiger charge is -2.33. The lowest BCUT2D eigenvalue weighted by Crippen LogP contribution is -2.43. The van der Waals surface area contributed by atoms with Gasteiger partial charge in [-0.25, -0.2) is 4.98 Å². The summed E-state index contributed by atoms with van der Waals surface area (Å²) in [6.45, 7) is 7.67. The number of amides is 1. The zero-order valence-corrected chi connectivity index (χ0v) is 17.7. The molecule has 4 heterocycles. The molecule has 2 aliphatic heterocycles. The standard InChI is InChI=1S/C23H31N5O2/c1-18-4-2-9-24-23(18)26-20-6-7-21(25-16-20)19-5-3-10-27(17-19)11-8-22(29)28-12-14-30-15-13-28/h2,4,6-7,9,16,19H,3,5,8,10-15,17H2,1H3,(H,24,26). The fraction of sp³-hybridized carbons (Fsp3) is 0.522. The predicted molar refractivity (Wildman–Crippen MR) is 117 cm³/mol. The SMILES string of the molecule is Cc1cccnc1Nc1ccc(C2CCCN(CCC(=O)N3CCOCC3)C2)nc1. The van der Waals surface area contributed by atoms with Crippen LogP contribution in [0.5, 0.6) is 0 Å². The Morgan fingerprint density at radius 1 is 1.20 bits per heavy atom. The summed E-state index contributed by atoms with van der Waals surface area (Å²) in [5.74, 6) is 1.53. The molecule has 0 radical (unpaired) electrons. The Balaban J connectivity index is 1.29. The average Bonchev–Trinajstić information content (AvgIpc) is 2.80. The van der Waals surface area contributed by atoms with Gasteiger partial charge >= 0.3 is 0 Å². The monoisotopic (exact) mass is 409 g/mol. The normalized spacial score (nSPS) is 20.2. The molecule has 30 heavy (non-hydrogen) atoms. The van der Waals surface area contributed by atoms with Crippen molar-refractivity contribution in [3.05, 3.63) is 47.9 Å². The van der Waals surface area contributed by atoms with E-state index in [-0.39, 0.29) is 5.91 Å². The highest BCUT2D eigenvalue weighted by Crippen LogP contribution is 2.27. The van der Waals surface area contributed by atoms with Crippen LogP contribution in [0.2, 0.25) is 0 Å². The van der Waals surface area contributed by atoms with Crippen LogP contribution in [0.1, 0.15) is 36.4 Å². The van der Waals surface area contributed by atoms with Crippen LogP contribution in [-0.4, -0.2) is 71.6 Å². The molecule has 2 aromatic heterocycles. The summed E-state index contributed by atoms with van der Waals surface area (Å²) < 4.78 is 5.34. The second-order valence-electron chi connectivity index (χ2n) is 8.15. The fourth-order valence-electron chi connectivity index (χ4n) is 4.20. The molecule has 0 aliphatic carbocycles. The second-order valence-corrected chi connectivity index (χ2v) is 8.15. The maximum absolute atomic E-state index is 12.4. The first kappa shape index (κ1) is 20.8. The fourth-order valence-corrected chi connectivity index (χ4v) is 4.20. The summed E-state index contributed by atoms with van der Waals surface area (Å²) in [5.41, 5.74) is 3.18. The Morgan fingerprint density at radius 3 is 2.83 bits per heavy atom. The molecule has 1 N–H and O–H groups in total. The lowest BCUT2D eigenvalue weighted by molar-refractivity contribution is -0.135. The molecule has 1 amide bonds. The third-order valence-electron chi connectivity index (χ3n) is 5.99. The molecule has 7 heteroatoms. The number of nitrogens with one attached hydrogen (secondary N) is 1. The van der Waals surface area contributed by atoms with Gasteiger partial charge in [-0.3, -0.25) is 9.78 Å². The maximum atomic E-state index is 12.4. The molecule has 0 aromatic carbocycles. The molecular weight excluding hydrogens is 378 g/mol. The Morgan fingerprint density at radius 2 is 2.07 bits per heavy atom. The Bertz CT molecular complexity index is 836. The maximum Gasteiger partial charge on any atom is 0.224 e. The van der Waals surface area contributed by atoms with Crippen LogP contribution >= 0.6 is 0 Å². The number of nitrogens with zero attached hydrogens (tertiary/aromatic N) is 4. The summed E-state index contributed by atoms with van der Waals surface area (Å²) in [6, 6.07) is 8.17. The van der Waals surface area contributed by atoms with Crippen LogP contribution in [0.25, 0.3) is 0 Å². The molecule has 7 nitrogen and oxygen atoms in total. The van der Waals surface area contributed by atoms with Gasteiger partial charge in [0.1, 0.15) is 5.82 Å². The minimum Gasteiger partial charge on any atom is -0.378 e. The van der Waals surface area contributed by atoms with Gasteiger partial charge in [-0.15, -0.1) is 0 Å². The van der Waals surface area contributed by atoms with E-state index in [1.54, 1.807) is 6.20 Å². The molecule has 0 spiro atoms. The van der Waals surface area contributed by atoms with E-state index in [0.717, 1.165) is 68.3 Å². The first-order valence-corrected chi connectivity index (χ1v) is 10.9. The number of carbonyl (C=O) groups excluding carboxylic acids is 1. The second kappa shape index (κ2) is 10.00. The van der Waals surface area contributed by atoms with Crippen LogP contribution < -0.4 is 5.32 Å². The van der Waals surface area contributed by atoms with Crippen molar-refractivity contribution >= 4 is 17.4 Å². The van der Waals surface area contributed by atoms with Crippen molar-refractivity contribution in [2.75, 3.05) is 51.3 Å². The van der Waals surface area contributed by atoms with Crippen molar-refractivity contribution in [1.82, 2.24) is 19.8 Å². The molecule has 0 saturated carbocycles. The van der Waals surface area contributed by atoms with Gasteiger partial charge in [0, 0.05) is 50.4 Å². The quantitative estimate of drug-likeness (QED) is 0.791. The van der Waals surface area contributed by atoms with Gasteiger partial charge in [0.15, 0.2) is 0 Å². The van der Waals surface area contributed by atoms with E-state index in [1.807, 2.05) is 30.2 Å². The van der Waals surface area contributed by atoms with E-state index in [0.29, 0.717) is 25.6 Å². The van der Waals surface area contributed by atoms with Crippen LogP contribution in [0.4, 0.5) is 11.5 Å². The number of anilines is 2. The number of aromatic nitrogens is 2. The minimum absolute atomic E-state index is 0.249. The number of aryl methyl sites for hydroxylation is 1. The number of likely N-dealkylation sites (tertiary alicyclic amines) is 1. The van der Waals surface area contributed by atoms with E-state index in [1.165, 1.54) is 0 Å². The number of piperidine rings is 1. The molecule has 2 aromatic rings. The molecule has 0 bridgehead atoms. The number of morpholine rings is 1. The minimum atomic E-state index is 0.249. The van der Waals surface area contributed by atoms with E-state index in [4.69, 9.17) is 9.72 Å². The number of hydrogen-bond donors (Lipinski definition) is 1. The predicted octanol–water partition coefficient (Wildman–Crippen LogP) is 2.96. The largest absolute Gasteiger partial charge is 0.378 e. The summed E-state index contributed by atoms with van der Waals surface area (Å²) in [4.78, 5) is 25.9. The van der Waals surface area contributed by atoms with Gasteiger partial charge in [-0.2, -0.15) is 0 Å². The smallest absolute Gasteiger partial charge is 0.224 e. The third kappa shape index (κ3) is 5.34. The Hall–Kier alpha value is -2.51. The van der Waals surface area contributed by atoms with Gasteiger partial charge in [-0.05, 0) is 50.1 Å². The van der Waals surface area contributed by atoms with Gasteiger partial charge in [0.05, 0.1) is 25.1 Å². The zero-order chi connectivity index (χ0) is 20.8. The van der Waals surface area contributed by atoms with Crippen molar-refractivity contribution < 1.29 is 9.53 Å². The van der Waals surface area contributed by atoms with Gasteiger partial charge in [-0.1, -0.05) is 6.07 Å². The highest BCUT2D eigenvalue weighted by atomic mass is 16.5. The van der Waals surface area contributed by atoms with Gasteiger partial charge in [0.2, 0.25) is 5.91 Å². The molecule has 2 aliphatic rings. The van der Waals surface area contributed by atoms with Crippen molar-refractivity contribution in [3.63, 3.8) is 0 Å².